The fourth-order valence-electron chi connectivity index (χ4n) is 4.23. The maximum absolute atomic E-state index is 14.7. The molecule has 6 rings (SSSR count). The van der Waals surface area contributed by atoms with Gasteiger partial charge in [-0.2, -0.15) is 9.97 Å². The zero-order valence-electron chi connectivity index (χ0n) is 21.1. The van der Waals surface area contributed by atoms with E-state index in [-0.39, 0.29) is 17.7 Å². The summed E-state index contributed by atoms with van der Waals surface area (Å²) in [7, 11) is 0.861. The van der Waals surface area contributed by atoms with Crippen molar-refractivity contribution in [1.82, 2.24) is 30.2 Å². The van der Waals surface area contributed by atoms with Crippen molar-refractivity contribution < 1.29 is 18.9 Å². The monoisotopic (exact) mass is 538 g/mol. The average molecular weight is 538 g/mol. The fraction of sp³-hybridized carbons (Fsp3) is 0.375. The number of aromatic amines is 1. The van der Waals surface area contributed by atoms with E-state index in [1.165, 1.54) is 36.3 Å². The highest BCUT2D eigenvalue weighted by molar-refractivity contribution is 7.99. The molecule has 0 radical (unpaired) electrons. The Balaban J connectivity index is 1.56. The van der Waals surface area contributed by atoms with E-state index >= 15 is 0 Å². The van der Waals surface area contributed by atoms with Gasteiger partial charge in [-0.25, -0.2) is 14.4 Å². The van der Waals surface area contributed by atoms with E-state index in [0.717, 1.165) is 25.7 Å². The lowest BCUT2D eigenvalue weighted by Gasteiger charge is -2.20. The van der Waals surface area contributed by atoms with Crippen molar-refractivity contribution >= 4 is 58.2 Å². The molecule has 1 aromatic carbocycles. The number of aromatic nitrogens is 5. The third kappa shape index (κ3) is 5.75. The van der Waals surface area contributed by atoms with Gasteiger partial charge >= 0.3 is 13.1 Å². The Kier molecular flexibility index (Phi) is 7.79. The Bertz CT molecular complexity index is 1450. The zero-order valence-corrected chi connectivity index (χ0v) is 21.9. The number of ether oxygens (including phenoxy) is 1. The number of H-pyrrole nitrogens is 1. The fourth-order valence-corrected chi connectivity index (χ4v) is 4.85. The van der Waals surface area contributed by atoms with E-state index in [2.05, 4.69) is 35.6 Å². The van der Waals surface area contributed by atoms with Crippen LogP contribution < -0.4 is 20.2 Å². The number of anilines is 2. The number of nitrogens with one attached hydrogen (secondary N) is 3. The van der Waals surface area contributed by atoms with Crippen molar-refractivity contribution in [3.63, 3.8) is 0 Å². The number of rotatable bonds is 2. The number of thioether (sulfide) groups is 1. The van der Waals surface area contributed by atoms with Crippen LogP contribution in [-0.2, 0) is 4.79 Å². The van der Waals surface area contributed by atoms with Crippen LogP contribution in [0.2, 0.25) is 6.82 Å². The molecule has 4 aromatic rings. The number of amides is 1. The van der Waals surface area contributed by atoms with E-state index < -0.39 is 12.9 Å². The first-order valence-electron chi connectivity index (χ1n) is 12.5. The Morgan fingerprint density at radius 1 is 1.11 bits per heavy atom. The molecule has 0 atom stereocenters. The van der Waals surface area contributed by atoms with Gasteiger partial charge in [0.2, 0.25) is 5.91 Å². The molecule has 5 heterocycles. The Morgan fingerprint density at radius 3 is 2.58 bits per heavy atom. The van der Waals surface area contributed by atoms with E-state index in [4.69, 9.17) is 4.74 Å². The van der Waals surface area contributed by atoms with Crippen LogP contribution in [0.4, 0.5) is 15.9 Å². The van der Waals surface area contributed by atoms with Crippen LogP contribution >= 0.6 is 11.8 Å². The molecule has 11 nitrogen and oxygen atoms in total. The second-order valence-corrected chi connectivity index (χ2v) is 10.0. The minimum absolute atomic E-state index is 0.0514. The van der Waals surface area contributed by atoms with E-state index in [1.807, 2.05) is 0 Å². The van der Waals surface area contributed by atoms with Crippen LogP contribution in [0.1, 0.15) is 25.7 Å². The number of benzene rings is 1. The van der Waals surface area contributed by atoms with Gasteiger partial charge in [-0.3, -0.25) is 4.79 Å². The minimum Gasteiger partial charge on any atom is -0.432 e. The van der Waals surface area contributed by atoms with Gasteiger partial charge in [0.05, 0.1) is 34.7 Å². The minimum atomic E-state index is -0.830. The van der Waals surface area contributed by atoms with Crippen LogP contribution in [0.5, 0.6) is 11.8 Å². The summed E-state index contributed by atoms with van der Waals surface area (Å²) in [6.45, 7) is 2.87. The van der Waals surface area contributed by atoms with E-state index in [0.29, 0.717) is 57.4 Å². The molecule has 4 N–H and O–H groups in total. The molecule has 3 aromatic heterocycles. The van der Waals surface area contributed by atoms with Crippen molar-refractivity contribution in [2.45, 2.75) is 37.7 Å². The van der Waals surface area contributed by atoms with Crippen LogP contribution in [0.15, 0.2) is 29.7 Å². The lowest BCUT2D eigenvalue weighted by atomic mass is 9.85. The number of carbonyl (C=O) groups is 1. The molecule has 2 aliphatic rings. The number of carbonyl (C=O) groups excluding carboxylic acids is 1. The molecule has 198 valence electrons. The maximum atomic E-state index is 14.7. The molecule has 0 fully saturated rings. The van der Waals surface area contributed by atoms with Crippen LogP contribution in [-0.4, -0.2) is 68.8 Å². The second kappa shape index (κ2) is 11.4. The van der Waals surface area contributed by atoms with Crippen molar-refractivity contribution in [2.24, 2.45) is 0 Å². The summed E-state index contributed by atoms with van der Waals surface area (Å²) in [5, 5.41) is 18.1. The van der Waals surface area contributed by atoms with Gasteiger partial charge in [0.15, 0.2) is 10.9 Å². The molecule has 2 aliphatic heterocycles. The Morgan fingerprint density at radius 2 is 1.84 bits per heavy atom. The quantitative estimate of drug-likeness (QED) is 0.221. The maximum Gasteiger partial charge on any atom is 0.409 e. The smallest absolute Gasteiger partial charge is 0.409 e. The molecule has 0 saturated carbocycles. The van der Waals surface area contributed by atoms with Gasteiger partial charge in [-0.1, -0.05) is 24.6 Å². The molecule has 38 heavy (non-hydrogen) atoms. The summed E-state index contributed by atoms with van der Waals surface area (Å²) in [6, 6.07) is 2.87. The van der Waals surface area contributed by atoms with Gasteiger partial charge in [0, 0.05) is 18.5 Å². The van der Waals surface area contributed by atoms with Crippen molar-refractivity contribution in [2.75, 3.05) is 36.0 Å². The zero-order chi connectivity index (χ0) is 26.6. The highest BCUT2D eigenvalue weighted by Crippen LogP contribution is 2.37. The first-order valence-corrected chi connectivity index (χ1v) is 13.4. The number of halogens is 1. The first-order chi connectivity index (χ1) is 18.4. The summed E-state index contributed by atoms with van der Waals surface area (Å²) in [5.41, 5.74) is 1.58. The molecule has 0 spiro atoms. The third-order valence-electron chi connectivity index (χ3n) is 6.29. The highest BCUT2D eigenvalue weighted by Gasteiger charge is 2.22. The molecular formula is C24H28BFN8O3S. The lowest BCUT2D eigenvalue weighted by molar-refractivity contribution is -0.118. The standard InChI is InChI=1S/C24H28BFN8O3S/c1-25(36)34(2)17-10-14(26)9-16-19-21-28-8-6-4-3-5-7-27-18(35)13-38-24-29-11-15(12-30-24)37-23(32-21)33-22(19)31-20(16)17/h9-12,36H,3-8,13H2,1-2H3,(H,27,35)(H2,28,31,32,33). The molecule has 14 heteroatoms. The van der Waals surface area contributed by atoms with Crippen molar-refractivity contribution in [3.8, 4) is 11.8 Å². The summed E-state index contributed by atoms with van der Waals surface area (Å²) >= 11 is 1.25. The van der Waals surface area contributed by atoms with Gasteiger partial charge in [0.1, 0.15) is 17.3 Å². The predicted octanol–water partition coefficient (Wildman–Crippen LogP) is 3.57. The molecule has 1 amide bonds. The summed E-state index contributed by atoms with van der Waals surface area (Å²) in [5.74, 6) is 0.584. The van der Waals surface area contributed by atoms with E-state index in [1.54, 1.807) is 18.7 Å². The summed E-state index contributed by atoms with van der Waals surface area (Å²) < 4.78 is 20.6. The normalized spacial score (nSPS) is 15.2. The van der Waals surface area contributed by atoms with Gasteiger partial charge in [-0.05, 0) is 38.8 Å². The topological polar surface area (TPSA) is 141 Å². The van der Waals surface area contributed by atoms with Crippen LogP contribution in [0, 0.1) is 5.82 Å². The highest BCUT2D eigenvalue weighted by atomic mass is 32.2. The number of hydrogen-bond donors (Lipinski definition) is 4. The summed E-state index contributed by atoms with van der Waals surface area (Å²) in [4.78, 5) is 34.6. The van der Waals surface area contributed by atoms with Crippen LogP contribution in [0.25, 0.3) is 21.9 Å². The Labute approximate surface area is 223 Å². The number of hydrogen-bond acceptors (Lipinski definition) is 10. The molecule has 4 bridgehead atoms. The largest absolute Gasteiger partial charge is 0.432 e. The first kappa shape index (κ1) is 26.0. The lowest BCUT2D eigenvalue weighted by Crippen LogP contribution is -2.33. The molecule has 0 saturated heterocycles. The predicted molar refractivity (Wildman–Crippen MR) is 146 cm³/mol. The second-order valence-electron chi connectivity index (χ2n) is 9.08. The average Bonchev–Trinajstić information content (AvgIpc) is 3.26. The molecular weight excluding hydrogens is 510 g/mol. The van der Waals surface area contributed by atoms with Gasteiger partial charge < -0.3 is 30.2 Å². The van der Waals surface area contributed by atoms with Gasteiger partial charge in [-0.15, -0.1) is 0 Å². The Hall–Kier alpha value is -3.65. The van der Waals surface area contributed by atoms with Crippen molar-refractivity contribution in [3.05, 3.63) is 30.3 Å². The number of fused-ring (bicyclic) bond motifs is 15. The van der Waals surface area contributed by atoms with Crippen molar-refractivity contribution in [1.29, 1.82) is 0 Å². The van der Waals surface area contributed by atoms with E-state index in [9.17, 15) is 14.2 Å². The number of nitrogens with zero attached hydrogens (tertiary/aromatic N) is 5. The third-order valence-corrected chi connectivity index (χ3v) is 7.16. The molecule has 0 unspecified atom stereocenters. The van der Waals surface area contributed by atoms with Gasteiger partial charge in [0.25, 0.3) is 0 Å². The summed E-state index contributed by atoms with van der Waals surface area (Å²) in [6.07, 6.45) is 6.71. The molecule has 0 aliphatic carbocycles. The SMILES string of the molecule is CB(O)N(C)c1cc(F)cc2c1[nH]c1nc3nc(c12)NCCCCCCNC(=O)CSc1ncc(cn1)O3. The van der Waals surface area contributed by atoms with Crippen LogP contribution in [0.3, 0.4) is 0 Å².